The van der Waals surface area contributed by atoms with Crippen LogP contribution in [0, 0.1) is 33.6 Å². The van der Waals surface area contributed by atoms with Gasteiger partial charge in [0.05, 0.1) is 5.56 Å². The molecular weight excluding hydrogens is 413 g/mol. The number of aromatic nitrogens is 2. The number of hydrogen-bond acceptors (Lipinski definition) is 1. The summed E-state index contributed by atoms with van der Waals surface area (Å²) in [5.41, 5.74) is 13.6. The second-order valence-corrected chi connectivity index (χ2v) is 10.7. The lowest BCUT2D eigenvalue weighted by atomic mass is 9.60. The van der Waals surface area contributed by atoms with E-state index in [-0.39, 0.29) is 6.98 Å². The number of aryl methyl sites for hydroxylation is 4. The monoisotopic (exact) mass is 446 g/mol. The summed E-state index contributed by atoms with van der Waals surface area (Å²) in [6, 6.07) is 20.6. The molecule has 0 spiro atoms. The van der Waals surface area contributed by atoms with Gasteiger partial charge in [0.25, 0.3) is 5.82 Å². The molecular formula is C30H33BN3+. The van der Waals surface area contributed by atoms with Crippen LogP contribution in [0.4, 0.5) is 5.69 Å². The highest BCUT2D eigenvalue weighted by molar-refractivity contribution is 6.71. The van der Waals surface area contributed by atoms with Crippen molar-refractivity contribution < 1.29 is 4.48 Å². The highest BCUT2D eigenvalue weighted by Gasteiger charge is 2.50. The molecule has 1 aromatic heterocycles. The third-order valence-electron chi connectivity index (χ3n) is 7.48. The molecule has 0 fully saturated rings. The number of anilines is 1. The van der Waals surface area contributed by atoms with Crippen LogP contribution in [0.15, 0.2) is 60.8 Å². The van der Waals surface area contributed by atoms with Crippen molar-refractivity contribution in [2.24, 2.45) is 5.92 Å². The lowest BCUT2D eigenvalue weighted by Gasteiger charge is -2.35. The molecule has 3 nitrogen and oxygen atoms in total. The van der Waals surface area contributed by atoms with E-state index in [1.807, 2.05) is 0 Å². The maximum absolute atomic E-state index is 2.66. The van der Waals surface area contributed by atoms with Gasteiger partial charge in [0.2, 0.25) is 0 Å². The first-order chi connectivity index (χ1) is 16.3. The highest BCUT2D eigenvalue weighted by Crippen LogP contribution is 2.43. The van der Waals surface area contributed by atoms with Crippen LogP contribution in [-0.4, -0.2) is 18.1 Å². The van der Waals surface area contributed by atoms with E-state index in [9.17, 15) is 0 Å². The Morgan fingerprint density at radius 3 is 2.26 bits per heavy atom. The number of hydrogen-bond donors (Lipinski definition) is 0. The normalized spacial score (nSPS) is 13.7. The van der Waals surface area contributed by atoms with Crippen molar-refractivity contribution in [2.45, 2.75) is 48.1 Å². The molecule has 170 valence electrons. The van der Waals surface area contributed by atoms with E-state index >= 15 is 0 Å². The first kappa shape index (κ1) is 21.3. The molecule has 0 bridgehead atoms. The molecule has 0 saturated heterocycles. The molecule has 4 heteroatoms. The minimum absolute atomic E-state index is 0.144. The molecule has 4 aromatic rings. The first-order valence-corrected chi connectivity index (χ1v) is 12.5. The second kappa shape index (κ2) is 7.63. The lowest BCUT2D eigenvalue weighted by molar-refractivity contribution is -0.523. The van der Waals surface area contributed by atoms with Gasteiger partial charge in [0.1, 0.15) is 12.7 Å². The van der Waals surface area contributed by atoms with Gasteiger partial charge in [-0.15, -0.1) is 0 Å². The SMILES string of the molecule is Cc1cc(C)cc(-c2c[n+]3c4n2Cc2cccc(c2-4)N(CC(C)C)B3c2c(C)cccc2C)c1. The summed E-state index contributed by atoms with van der Waals surface area (Å²) < 4.78 is 5.12. The van der Waals surface area contributed by atoms with Gasteiger partial charge in [-0.05, 0) is 62.9 Å². The minimum atomic E-state index is 0.144. The predicted octanol–water partition coefficient (Wildman–Crippen LogP) is 5.42. The quantitative estimate of drug-likeness (QED) is 0.336. The molecule has 2 aliphatic rings. The predicted molar refractivity (Wildman–Crippen MR) is 143 cm³/mol. The second-order valence-electron chi connectivity index (χ2n) is 10.7. The topological polar surface area (TPSA) is 12.0 Å². The Bertz CT molecular complexity index is 1410. The molecule has 0 aliphatic carbocycles. The standard InChI is InChI=1S/C30H33BN3/c1-19(2)16-33-26-12-8-11-24-17-32-27(25-14-20(3)13-21(4)15-25)18-34(30(32)28(24)26)31(33)29-22(5)9-7-10-23(29)6/h7-15,18-19H,16-17H2,1-6H3/q+1. The van der Waals surface area contributed by atoms with Gasteiger partial charge in [-0.25, -0.2) is 4.57 Å². The summed E-state index contributed by atoms with van der Waals surface area (Å²) in [6.45, 7) is 15.7. The molecule has 0 saturated carbocycles. The number of imidazole rings is 1. The van der Waals surface area contributed by atoms with Gasteiger partial charge in [0.15, 0.2) is 5.69 Å². The van der Waals surface area contributed by atoms with Crippen LogP contribution in [0.3, 0.4) is 0 Å². The van der Waals surface area contributed by atoms with Gasteiger partial charge in [-0.2, -0.15) is 0 Å². The summed E-state index contributed by atoms with van der Waals surface area (Å²) in [5.74, 6) is 1.92. The van der Waals surface area contributed by atoms with Gasteiger partial charge in [-0.3, -0.25) is 4.48 Å². The molecule has 6 rings (SSSR count). The molecule has 3 heterocycles. The fraction of sp³-hybridized carbons (Fsp3) is 0.300. The average molecular weight is 446 g/mol. The third kappa shape index (κ3) is 3.08. The van der Waals surface area contributed by atoms with E-state index in [0.717, 1.165) is 13.1 Å². The van der Waals surface area contributed by atoms with Crippen LogP contribution in [0.1, 0.15) is 41.7 Å². The van der Waals surface area contributed by atoms with Crippen molar-refractivity contribution in [1.29, 1.82) is 0 Å². The van der Waals surface area contributed by atoms with Crippen molar-refractivity contribution in [1.82, 2.24) is 4.57 Å². The van der Waals surface area contributed by atoms with E-state index in [0.29, 0.717) is 5.92 Å². The zero-order valence-electron chi connectivity index (χ0n) is 21.2. The first-order valence-electron chi connectivity index (χ1n) is 12.5. The summed E-state index contributed by atoms with van der Waals surface area (Å²) >= 11 is 0. The Morgan fingerprint density at radius 1 is 0.912 bits per heavy atom. The van der Waals surface area contributed by atoms with Crippen LogP contribution in [0.2, 0.25) is 0 Å². The largest absolute Gasteiger partial charge is 0.537 e. The van der Waals surface area contributed by atoms with Gasteiger partial charge < -0.3 is 4.81 Å². The number of rotatable bonds is 4. The molecule has 3 aromatic carbocycles. The third-order valence-corrected chi connectivity index (χ3v) is 7.48. The van der Waals surface area contributed by atoms with Crippen LogP contribution in [0.5, 0.6) is 0 Å². The zero-order valence-corrected chi connectivity index (χ0v) is 21.2. The maximum atomic E-state index is 2.66. The Labute approximate surface area is 203 Å². The average Bonchev–Trinajstić information content (AvgIpc) is 3.32. The summed E-state index contributed by atoms with van der Waals surface area (Å²) in [6.07, 6.45) is 2.42. The fourth-order valence-electron chi connectivity index (χ4n) is 6.27. The Morgan fingerprint density at radius 2 is 1.59 bits per heavy atom. The van der Waals surface area contributed by atoms with Crippen LogP contribution < -0.4 is 14.8 Å². The summed E-state index contributed by atoms with van der Waals surface area (Å²) in [7, 11) is 0. The minimum Gasteiger partial charge on any atom is -0.369 e. The lowest BCUT2D eigenvalue weighted by Crippen LogP contribution is -2.72. The molecule has 0 unspecified atom stereocenters. The van der Waals surface area contributed by atoms with E-state index in [4.69, 9.17) is 0 Å². The molecule has 0 atom stereocenters. The Kier molecular flexibility index (Phi) is 4.77. The van der Waals surface area contributed by atoms with Crippen LogP contribution in [-0.2, 0) is 6.54 Å². The molecule has 0 amide bonds. The Hall–Kier alpha value is -3.27. The van der Waals surface area contributed by atoms with E-state index in [2.05, 4.69) is 116 Å². The van der Waals surface area contributed by atoms with Crippen molar-refractivity contribution in [3.8, 4) is 22.6 Å². The van der Waals surface area contributed by atoms with Crippen molar-refractivity contribution >= 4 is 18.1 Å². The summed E-state index contributed by atoms with van der Waals surface area (Å²) in [5, 5.41) is 0. The Balaban J connectivity index is 1.68. The van der Waals surface area contributed by atoms with Crippen molar-refractivity contribution in [3.05, 3.63) is 88.6 Å². The fourth-order valence-corrected chi connectivity index (χ4v) is 6.27. The molecule has 2 aliphatic heterocycles. The maximum Gasteiger partial charge on any atom is 0.537 e. The molecule has 34 heavy (non-hydrogen) atoms. The van der Waals surface area contributed by atoms with E-state index in [1.165, 1.54) is 61.6 Å². The summed E-state index contributed by atoms with van der Waals surface area (Å²) in [4.78, 5) is 2.66. The van der Waals surface area contributed by atoms with Crippen LogP contribution >= 0.6 is 0 Å². The number of nitrogens with zero attached hydrogens (tertiary/aromatic N) is 3. The van der Waals surface area contributed by atoms with Gasteiger partial charge in [0, 0.05) is 28.8 Å². The van der Waals surface area contributed by atoms with Gasteiger partial charge in [-0.1, -0.05) is 61.4 Å². The van der Waals surface area contributed by atoms with Crippen molar-refractivity contribution in [2.75, 3.05) is 11.4 Å². The van der Waals surface area contributed by atoms with E-state index < -0.39 is 0 Å². The highest BCUT2D eigenvalue weighted by atomic mass is 15.3. The number of benzene rings is 3. The van der Waals surface area contributed by atoms with E-state index in [1.54, 1.807) is 0 Å². The molecule has 0 radical (unpaired) electrons. The van der Waals surface area contributed by atoms with Crippen LogP contribution in [0.25, 0.3) is 22.6 Å². The van der Waals surface area contributed by atoms with Gasteiger partial charge >= 0.3 is 6.98 Å². The zero-order chi connectivity index (χ0) is 23.7. The van der Waals surface area contributed by atoms with Crippen molar-refractivity contribution in [3.63, 3.8) is 0 Å². The molecule has 0 N–H and O–H groups in total. The smallest absolute Gasteiger partial charge is 0.369 e.